The third kappa shape index (κ3) is 5.43. The largest absolute Gasteiger partial charge is 0.377 e. The number of amides is 1. The number of nitrogens with zero attached hydrogens (tertiary/aromatic N) is 1. The van der Waals surface area contributed by atoms with Gasteiger partial charge in [-0.25, -0.2) is 0 Å². The monoisotopic (exact) mass is 398 g/mol. The fourth-order valence-electron chi connectivity index (χ4n) is 2.88. The van der Waals surface area contributed by atoms with E-state index in [4.69, 9.17) is 27.9 Å². The van der Waals surface area contributed by atoms with Crippen molar-refractivity contribution in [2.75, 3.05) is 25.0 Å². The van der Waals surface area contributed by atoms with Gasteiger partial charge in [-0.2, -0.15) is 0 Å². The number of nitrogens with one attached hydrogen (secondary N) is 1. The van der Waals surface area contributed by atoms with E-state index in [-0.39, 0.29) is 18.6 Å². The van der Waals surface area contributed by atoms with Crippen molar-refractivity contribution in [2.24, 2.45) is 0 Å². The van der Waals surface area contributed by atoms with E-state index >= 15 is 0 Å². The Bertz CT molecular complexity index is 683. The molecule has 1 aliphatic rings. The van der Waals surface area contributed by atoms with Gasteiger partial charge in [-0.1, -0.05) is 35.3 Å². The number of carbonyl (C=O) groups excluding carboxylic acids is 1. The number of halogens is 2. The number of thiophene rings is 1. The number of para-hydroxylation sites is 1. The molecule has 0 saturated carbocycles. The van der Waals surface area contributed by atoms with Gasteiger partial charge in [0.15, 0.2) is 0 Å². The van der Waals surface area contributed by atoms with Crippen molar-refractivity contribution in [1.82, 2.24) is 4.90 Å². The average molecular weight is 399 g/mol. The van der Waals surface area contributed by atoms with Crippen LogP contribution in [0.1, 0.15) is 17.7 Å². The lowest BCUT2D eigenvalue weighted by molar-refractivity contribution is -0.117. The maximum Gasteiger partial charge on any atom is 0.238 e. The number of hydrogen-bond acceptors (Lipinski definition) is 4. The third-order valence-corrected chi connectivity index (χ3v) is 5.53. The molecule has 0 radical (unpaired) electrons. The predicted octanol–water partition coefficient (Wildman–Crippen LogP) is 4.67. The minimum atomic E-state index is -0.135. The summed E-state index contributed by atoms with van der Waals surface area (Å²) >= 11 is 14.0. The van der Waals surface area contributed by atoms with Crippen molar-refractivity contribution in [3.8, 4) is 0 Å². The molecular weight excluding hydrogens is 379 g/mol. The first kappa shape index (κ1) is 18.7. The maximum atomic E-state index is 12.5. The Morgan fingerprint density at radius 2 is 2.08 bits per heavy atom. The molecule has 3 rings (SSSR count). The fraction of sp³-hybridized carbons (Fsp3) is 0.389. The lowest BCUT2D eigenvalue weighted by Gasteiger charge is -2.24. The topological polar surface area (TPSA) is 41.6 Å². The summed E-state index contributed by atoms with van der Waals surface area (Å²) in [5, 5.41) is 5.75. The van der Waals surface area contributed by atoms with Crippen LogP contribution in [0.25, 0.3) is 0 Å². The number of anilines is 1. The summed E-state index contributed by atoms with van der Waals surface area (Å²) in [7, 11) is 0. The lowest BCUT2D eigenvalue weighted by Crippen LogP contribution is -2.37. The third-order valence-electron chi connectivity index (χ3n) is 4.04. The molecule has 4 nitrogen and oxygen atoms in total. The molecule has 25 heavy (non-hydrogen) atoms. The quantitative estimate of drug-likeness (QED) is 0.736. The van der Waals surface area contributed by atoms with Crippen LogP contribution in [0, 0.1) is 0 Å². The van der Waals surface area contributed by atoms with Crippen LogP contribution in [0.2, 0.25) is 10.0 Å². The molecule has 1 fully saturated rings. The Kier molecular flexibility index (Phi) is 6.73. The van der Waals surface area contributed by atoms with Crippen molar-refractivity contribution in [1.29, 1.82) is 0 Å². The summed E-state index contributed by atoms with van der Waals surface area (Å²) in [5.74, 6) is -0.135. The molecular formula is C18H20Cl2N2O2S. The van der Waals surface area contributed by atoms with Crippen LogP contribution in [-0.4, -0.2) is 36.6 Å². The van der Waals surface area contributed by atoms with Crippen molar-refractivity contribution in [3.63, 3.8) is 0 Å². The molecule has 1 aromatic heterocycles. The van der Waals surface area contributed by atoms with E-state index in [1.807, 2.05) is 11.4 Å². The average Bonchev–Trinajstić information content (AvgIpc) is 3.25. The minimum absolute atomic E-state index is 0.135. The van der Waals surface area contributed by atoms with Crippen LogP contribution in [0.15, 0.2) is 35.7 Å². The van der Waals surface area contributed by atoms with Gasteiger partial charge in [-0.15, -0.1) is 11.3 Å². The highest BCUT2D eigenvalue weighted by atomic mass is 35.5. The first-order chi connectivity index (χ1) is 12.1. The van der Waals surface area contributed by atoms with Gasteiger partial charge in [0.2, 0.25) is 5.91 Å². The molecule has 1 aliphatic heterocycles. The van der Waals surface area contributed by atoms with Gasteiger partial charge in [-0.3, -0.25) is 9.69 Å². The Balaban J connectivity index is 1.64. The fourth-order valence-corrected chi connectivity index (χ4v) is 4.12. The highest BCUT2D eigenvalue weighted by Gasteiger charge is 2.22. The molecule has 0 unspecified atom stereocenters. The van der Waals surface area contributed by atoms with E-state index in [9.17, 15) is 4.79 Å². The second kappa shape index (κ2) is 9.01. The van der Waals surface area contributed by atoms with Gasteiger partial charge in [0.1, 0.15) is 0 Å². The van der Waals surface area contributed by atoms with Crippen molar-refractivity contribution < 1.29 is 9.53 Å². The van der Waals surface area contributed by atoms with Gasteiger partial charge in [0, 0.05) is 24.6 Å². The van der Waals surface area contributed by atoms with E-state index in [1.54, 1.807) is 29.5 Å². The summed E-state index contributed by atoms with van der Waals surface area (Å²) in [6.07, 6.45) is 2.31. The summed E-state index contributed by atoms with van der Waals surface area (Å²) in [4.78, 5) is 15.9. The summed E-state index contributed by atoms with van der Waals surface area (Å²) in [6.45, 7) is 2.53. The summed E-state index contributed by atoms with van der Waals surface area (Å²) in [5.41, 5.74) is 0.462. The number of hydrogen-bond donors (Lipinski definition) is 1. The van der Waals surface area contributed by atoms with Crippen molar-refractivity contribution in [3.05, 3.63) is 50.6 Å². The number of benzene rings is 1. The molecule has 1 amide bonds. The first-order valence-electron chi connectivity index (χ1n) is 8.22. The highest BCUT2D eigenvalue weighted by molar-refractivity contribution is 7.09. The molecule has 0 aliphatic carbocycles. The standard InChI is InChI=1S/C18H20Cl2N2O2S/c19-15-6-1-7-16(20)18(15)21-17(23)12-22(10-13-4-2-8-24-13)11-14-5-3-9-25-14/h1,3,5-7,9,13H,2,4,8,10-12H2,(H,21,23)/t13-/m0/s1. The first-order valence-corrected chi connectivity index (χ1v) is 9.85. The molecule has 7 heteroatoms. The zero-order chi connectivity index (χ0) is 17.6. The molecule has 1 atom stereocenters. The van der Waals surface area contributed by atoms with Crippen LogP contribution in [0.3, 0.4) is 0 Å². The maximum absolute atomic E-state index is 12.5. The predicted molar refractivity (Wildman–Crippen MR) is 104 cm³/mol. The van der Waals surface area contributed by atoms with Crippen LogP contribution in [0.4, 0.5) is 5.69 Å². The Morgan fingerprint density at radius 3 is 2.72 bits per heavy atom. The van der Waals surface area contributed by atoms with Crippen molar-refractivity contribution in [2.45, 2.75) is 25.5 Å². The molecule has 1 aromatic carbocycles. The summed E-state index contributed by atoms with van der Waals surface area (Å²) < 4.78 is 5.73. The molecule has 2 aromatic rings. The SMILES string of the molecule is O=C(CN(Cc1cccs1)C[C@@H]1CCCO1)Nc1c(Cl)cccc1Cl. The van der Waals surface area contributed by atoms with E-state index in [1.165, 1.54) is 4.88 Å². The molecule has 1 saturated heterocycles. The van der Waals surface area contributed by atoms with E-state index in [0.29, 0.717) is 15.7 Å². The second-order valence-corrected chi connectivity index (χ2v) is 7.88. The Labute approximate surface area is 161 Å². The molecule has 0 spiro atoms. The van der Waals surface area contributed by atoms with Gasteiger partial charge in [-0.05, 0) is 36.4 Å². The number of carbonyl (C=O) groups is 1. The molecule has 2 heterocycles. The van der Waals surface area contributed by atoms with Gasteiger partial charge in [0.25, 0.3) is 0 Å². The smallest absolute Gasteiger partial charge is 0.238 e. The minimum Gasteiger partial charge on any atom is -0.377 e. The van der Waals surface area contributed by atoms with Gasteiger partial charge >= 0.3 is 0 Å². The zero-order valence-electron chi connectivity index (χ0n) is 13.7. The Hall–Kier alpha value is -1.11. The van der Waals surface area contributed by atoms with Crippen LogP contribution >= 0.6 is 34.5 Å². The Morgan fingerprint density at radius 1 is 1.28 bits per heavy atom. The zero-order valence-corrected chi connectivity index (χ0v) is 16.0. The van der Waals surface area contributed by atoms with Crippen molar-refractivity contribution >= 4 is 46.1 Å². The van der Waals surface area contributed by atoms with E-state index in [2.05, 4.69) is 16.3 Å². The lowest BCUT2D eigenvalue weighted by atomic mass is 10.2. The van der Waals surface area contributed by atoms with Crippen LogP contribution in [0.5, 0.6) is 0 Å². The summed E-state index contributed by atoms with van der Waals surface area (Å²) in [6, 6.07) is 9.27. The van der Waals surface area contributed by atoms with Crippen LogP contribution < -0.4 is 5.32 Å². The normalized spacial score (nSPS) is 17.2. The van der Waals surface area contributed by atoms with E-state index in [0.717, 1.165) is 32.5 Å². The van der Waals surface area contributed by atoms with Gasteiger partial charge < -0.3 is 10.1 Å². The molecule has 134 valence electrons. The van der Waals surface area contributed by atoms with Crippen LogP contribution in [-0.2, 0) is 16.1 Å². The van der Waals surface area contributed by atoms with E-state index < -0.39 is 0 Å². The number of ether oxygens (including phenoxy) is 1. The number of rotatable bonds is 7. The molecule has 0 bridgehead atoms. The molecule has 1 N–H and O–H groups in total. The second-order valence-electron chi connectivity index (χ2n) is 6.03. The highest BCUT2D eigenvalue weighted by Crippen LogP contribution is 2.29. The van der Waals surface area contributed by atoms with Gasteiger partial charge in [0.05, 0.1) is 28.4 Å².